The van der Waals surface area contributed by atoms with Crippen LogP contribution in [0.15, 0.2) is 0 Å². The van der Waals surface area contributed by atoms with Gasteiger partial charge < -0.3 is 10.2 Å². The van der Waals surface area contributed by atoms with Gasteiger partial charge in [-0.2, -0.15) is 0 Å². The van der Waals surface area contributed by atoms with E-state index >= 15 is 0 Å². The third-order valence-electron chi connectivity index (χ3n) is 0. The van der Waals surface area contributed by atoms with E-state index in [1.165, 1.54) is 0 Å². The summed E-state index contributed by atoms with van der Waals surface area (Å²) in [4.78, 5) is 8.56. The van der Waals surface area contributed by atoms with Crippen LogP contribution >= 0.6 is 0 Å². The van der Waals surface area contributed by atoms with E-state index in [0.717, 1.165) is 0 Å². The molecule has 2 N–H and O–H groups in total. The molecule has 0 heterocycles. The molecule has 0 atom stereocenters. The molecule has 0 aliphatic carbocycles. The van der Waals surface area contributed by atoms with E-state index in [4.69, 9.17) is 15.0 Å². The third-order valence-corrected chi connectivity index (χ3v) is 0. The van der Waals surface area contributed by atoms with Gasteiger partial charge in [-0.1, -0.05) is 0 Å². The molecular weight excluding hydrogens is 155 g/mol. The zero-order valence-corrected chi connectivity index (χ0v) is 3.26. The molecule has 0 saturated carbocycles. The fraction of sp³-hybridized carbons (Fsp3) is 0. The fourth-order valence-corrected chi connectivity index (χ4v) is 0. The molecular formula is CH3FeKO3. The molecule has 0 aliphatic heterocycles. The van der Waals surface area contributed by atoms with Crippen LogP contribution in [0, 0.1) is 0 Å². The van der Waals surface area contributed by atoms with Gasteiger partial charge in [0.1, 0.15) is 0 Å². The molecule has 6 heavy (non-hydrogen) atoms. The van der Waals surface area contributed by atoms with Crippen molar-refractivity contribution >= 4 is 57.5 Å². The Morgan fingerprint density at radius 3 is 1.33 bits per heavy atom. The first kappa shape index (κ1) is 15.7. The van der Waals surface area contributed by atoms with Crippen molar-refractivity contribution in [3.8, 4) is 0 Å². The summed E-state index contributed by atoms with van der Waals surface area (Å²) in [5.41, 5.74) is 0. The number of hydrogen-bond donors (Lipinski definition) is 2. The van der Waals surface area contributed by atoms with Crippen LogP contribution in [0.3, 0.4) is 0 Å². The van der Waals surface area contributed by atoms with Crippen LogP contribution in [-0.4, -0.2) is 67.8 Å². The Kier molecular flexibility index (Phi) is 25.2. The van der Waals surface area contributed by atoms with E-state index < -0.39 is 6.16 Å². The maximum atomic E-state index is 8.56. The second-order valence-corrected chi connectivity index (χ2v) is 0.283. The van der Waals surface area contributed by atoms with Gasteiger partial charge in [0.2, 0.25) is 0 Å². The van der Waals surface area contributed by atoms with E-state index in [-0.39, 0.29) is 68.5 Å². The van der Waals surface area contributed by atoms with Gasteiger partial charge in [-0.05, 0) is 0 Å². The van der Waals surface area contributed by atoms with Crippen molar-refractivity contribution in [3.05, 3.63) is 0 Å². The SMILES string of the molecule is O=C(O)O.[Fe].[KH]. The molecule has 0 unspecified atom stereocenters. The molecule has 0 aromatic heterocycles. The monoisotopic (exact) mass is 158 g/mol. The summed E-state index contributed by atoms with van der Waals surface area (Å²) in [7, 11) is 0. The van der Waals surface area contributed by atoms with Crippen LogP contribution < -0.4 is 0 Å². The Morgan fingerprint density at radius 1 is 1.33 bits per heavy atom. The molecule has 0 aromatic rings. The van der Waals surface area contributed by atoms with E-state index in [2.05, 4.69) is 0 Å². The minimum absolute atomic E-state index is 0. The molecule has 0 spiro atoms. The molecule has 5 heteroatoms. The van der Waals surface area contributed by atoms with Crippen molar-refractivity contribution in [1.29, 1.82) is 0 Å². The zero-order chi connectivity index (χ0) is 3.58. The Morgan fingerprint density at radius 2 is 1.33 bits per heavy atom. The number of carbonyl (C=O) groups is 1. The van der Waals surface area contributed by atoms with Gasteiger partial charge in [0.15, 0.2) is 0 Å². The normalized spacial score (nSPS) is 4.00. The van der Waals surface area contributed by atoms with Crippen molar-refractivity contribution in [1.82, 2.24) is 0 Å². The van der Waals surface area contributed by atoms with Crippen LogP contribution in [0.5, 0.6) is 0 Å². The molecule has 0 amide bonds. The second kappa shape index (κ2) is 9.66. The van der Waals surface area contributed by atoms with Gasteiger partial charge in [-0.3, -0.25) is 0 Å². The minimum atomic E-state index is -1.83. The Bertz CT molecular complexity index is 33.8. The molecule has 0 fully saturated rings. The molecule has 0 aromatic carbocycles. The number of carboxylic acid groups (broad SMARTS) is 2. The van der Waals surface area contributed by atoms with Crippen LogP contribution in [-0.2, 0) is 17.1 Å². The Labute approximate surface area is 88.0 Å². The standard InChI is InChI=1S/CH2O3.Fe.K.H/c2-1(3)4;;;/h(H2,2,3,4);;;. The Hall–Kier alpha value is 1.43. The maximum absolute atomic E-state index is 8.56. The van der Waals surface area contributed by atoms with Gasteiger partial charge in [-0.25, -0.2) is 4.79 Å². The summed E-state index contributed by atoms with van der Waals surface area (Å²) in [6.07, 6.45) is -1.83. The average molecular weight is 158 g/mol. The summed E-state index contributed by atoms with van der Waals surface area (Å²) in [6, 6.07) is 0. The summed E-state index contributed by atoms with van der Waals surface area (Å²) in [6.45, 7) is 0. The molecule has 0 bridgehead atoms. The molecule has 0 aliphatic rings. The fourth-order valence-electron chi connectivity index (χ4n) is 0. The number of rotatable bonds is 0. The van der Waals surface area contributed by atoms with Crippen molar-refractivity contribution in [2.24, 2.45) is 0 Å². The van der Waals surface area contributed by atoms with Crippen LogP contribution in [0.25, 0.3) is 0 Å². The summed E-state index contributed by atoms with van der Waals surface area (Å²) < 4.78 is 0. The average Bonchev–Trinajstić information content (AvgIpc) is 0.811. The second-order valence-electron chi connectivity index (χ2n) is 0.283. The topological polar surface area (TPSA) is 57.5 Å². The van der Waals surface area contributed by atoms with Crippen molar-refractivity contribution < 1.29 is 32.1 Å². The molecule has 0 saturated heterocycles. The Balaban J connectivity index is -0.0000000450. The van der Waals surface area contributed by atoms with Crippen LogP contribution in [0.4, 0.5) is 4.79 Å². The summed E-state index contributed by atoms with van der Waals surface area (Å²) >= 11 is 0. The quantitative estimate of drug-likeness (QED) is 0.470. The molecule has 34 valence electrons. The predicted octanol–water partition coefficient (Wildman–Crippen LogP) is -0.429. The first-order chi connectivity index (χ1) is 1.73. The zero-order valence-electron chi connectivity index (χ0n) is 2.16. The molecule has 0 radical (unpaired) electrons. The van der Waals surface area contributed by atoms with Gasteiger partial charge in [0, 0.05) is 17.1 Å². The van der Waals surface area contributed by atoms with Crippen LogP contribution in [0.1, 0.15) is 0 Å². The van der Waals surface area contributed by atoms with Gasteiger partial charge in [0.05, 0.1) is 0 Å². The van der Waals surface area contributed by atoms with Gasteiger partial charge in [0.25, 0.3) is 0 Å². The van der Waals surface area contributed by atoms with Crippen LogP contribution in [0.2, 0.25) is 0 Å². The van der Waals surface area contributed by atoms with E-state index in [1.54, 1.807) is 0 Å². The summed E-state index contributed by atoms with van der Waals surface area (Å²) in [5.74, 6) is 0. The summed E-state index contributed by atoms with van der Waals surface area (Å²) in [5, 5.41) is 13.9. The first-order valence-electron chi connectivity index (χ1n) is 0.651. The first-order valence-corrected chi connectivity index (χ1v) is 0.651. The van der Waals surface area contributed by atoms with Crippen molar-refractivity contribution in [2.45, 2.75) is 0 Å². The molecule has 0 rings (SSSR count). The number of hydrogen-bond acceptors (Lipinski definition) is 1. The predicted molar refractivity (Wildman–Crippen MR) is 17.8 cm³/mol. The van der Waals surface area contributed by atoms with E-state index in [0.29, 0.717) is 0 Å². The van der Waals surface area contributed by atoms with E-state index in [9.17, 15) is 0 Å². The van der Waals surface area contributed by atoms with Crippen molar-refractivity contribution in [3.63, 3.8) is 0 Å². The third kappa shape index (κ3) is 52.3. The van der Waals surface area contributed by atoms with E-state index in [1.807, 2.05) is 0 Å². The van der Waals surface area contributed by atoms with Crippen molar-refractivity contribution in [2.75, 3.05) is 0 Å². The van der Waals surface area contributed by atoms with Gasteiger partial charge in [-0.15, -0.1) is 0 Å². The van der Waals surface area contributed by atoms with Gasteiger partial charge >= 0.3 is 57.5 Å². The molecule has 3 nitrogen and oxygen atoms in total.